The van der Waals surface area contributed by atoms with Crippen LogP contribution in [0.4, 0.5) is 0 Å². The molecule has 0 bridgehead atoms. The topological polar surface area (TPSA) is 212 Å². The van der Waals surface area contributed by atoms with E-state index in [1.165, 1.54) is 32.2 Å². The minimum Gasteiger partial charge on any atom is -0.507 e. The van der Waals surface area contributed by atoms with Crippen LogP contribution in [0.25, 0.3) is 0 Å². The van der Waals surface area contributed by atoms with Gasteiger partial charge in [0, 0.05) is 48.9 Å². The van der Waals surface area contributed by atoms with Gasteiger partial charge in [-0.15, -0.1) is 0 Å². The van der Waals surface area contributed by atoms with Gasteiger partial charge in [-0.2, -0.15) is 0 Å². The molecule has 2 aromatic carbocycles. The van der Waals surface area contributed by atoms with Gasteiger partial charge in [0.2, 0.25) is 5.78 Å². The highest BCUT2D eigenvalue weighted by molar-refractivity contribution is 6.31. The minimum atomic E-state index is -2.27. The molecular formula is C29H31NO12. The van der Waals surface area contributed by atoms with Gasteiger partial charge in [0.15, 0.2) is 17.9 Å². The summed E-state index contributed by atoms with van der Waals surface area (Å²) in [4.78, 5) is 51.5. The molecule has 13 heteroatoms. The molecule has 5 rings (SSSR count). The number of carbonyl (C=O) groups excluding carboxylic acids is 4. The molecule has 224 valence electrons. The summed E-state index contributed by atoms with van der Waals surface area (Å²) in [7, 11) is 1.32. The maximum atomic E-state index is 13.7. The van der Waals surface area contributed by atoms with Gasteiger partial charge in [0.1, 0.15) is 35.6 Å². The molecule has 0 spiro atoms. The predicted octanol–water partition coefficient (Wildman–Crippen LogP) is 0.572. The number of methoxy groups -OCH3 is 1. The summed E-state index contributed by atoms with van der Waals surface area (Å²) in [5.74, 6) is -4.41. The number of hydrogen-bond acceptors (Lipinski definition) is 13. The van der Waals surface area contributed by atoms with Crippen LogP contribution in [0.2, 0.25) is 0 Å². The number of benzene rings is 2. The van der Waals surface area contributed by atoms with Crippen molar-refractivity contribution < 1.29 is 58.6 Å². The molecule has 2 aromatic rings. The molecule has 1 fully saturated rings. The number of carbonyl (C=O) groups is 4. The lowest BCUT2D eigenvalue weighted by Crippen LogP contribution is -2.54. The van der Waals surface area contributed by atoms with Crippen molar-refractivity contribution in [2.75, 3.05) is 13.7 Å². The van der Waals surface area contributed by atoms with Gasteiger partial charge < -0.3 is 45.1 Å². The second-order valence-corrected chi connectivity index (χ2v) is 10.7. The van der Waals surface area contributed by atoms with Crippen molar-refractivity contribution >= 4 is 23.3 Å². The second kappa shape index (κ2) is 10.7. The second-order valence-electron chi connectivity index (χ2n) is 10.7. The molecule has 42 heavy (non-hydrogen) atoms. The molecule has 0 radical (unpaired) electrons. The van der Waals surface area contributed by atoms with E-state index >= 15 is 0 Å². The number of fused-ring (bicyclic) bond motifs is 3. The SMILES string of the molecule is COc1cccc2c1C(=O)c1c(O)c3c(c(O)c1C2=O)C[C@@](O)(C(=O)CO)C[C@@H]3O[C@H]1C[C@H](N)[C@H](OC(C)=O)[C@H](C)O1. The molecular weight excluding hydrogens is 554 g/mol. The molecule has 13 nitrogen and oxygen atoms in total. The first-order valence-corrected chi connectivity index (χ1v) is 13.3. The maximum absolute atomic E-state index is 13.7. The Labute approximate surface area is 239 Å². The third kappa shape index (κ3) is 4.63. The van der Waals surface area contributed by atoms with Gasteiger partial charge in [-0.25, -0.2) is 0 Å². The number of Topliss-reactive ketones (excluding diaryl/α,β-unsaturated/α-hetero) is 1. The van der Waals surface area contributed by atoms with Crippen molar-refractivity contribution in [3.63, 3.8) is 0 Å². The molecule has 1 aliphatic heterocycles. The molecule has 2 aliphatic carbocycles. The zero-order valence-electron chi connectivity index (χ0n) is 23.1. The van der Waals surface area contributed by atoms with Crippen LogP contribution in [0.1, 0.15) is 75.8 Å². The van der Waals surface area contributed by atoms with E-state index in [2.05, 4.69) is 0 Å². The molecule has 3 aliphatic rings. The Balaban J connectivity index is 1.63. The summed E-state index contributed by atoms with van der Waals surface area (Å²) in [5, 5.41) is 43.8. The number of rotatable bonds is 6. The quantitative estimate of drug-likeness (QED) is 0.198. The van der Waals surface area contributed by atoms with Crippen LogP contribution in [0.5, 0.6) is 17.2 Å². The normalized spacial score (nSPS) is 28.4. The first-order valence-electron chi connectivity index (χ1n) is 13.3. The van der Waals surface area contributed by atoms with Gasteiger partial charge in [-0.05, 0) is 13.0 Å². The van der Waals surface area contributed by atoms with Crippen LogP contribution in [0, 0.1) is 0 Å². The number of aliphatic hydroxyl groups excluding tert-OH is 1. The lowest BCUT2D eigenvalue weighted by molar-refractivity contribution is -0.251. The summed E-state index contributed by atoms with van der Waals surface area (Å²) in [6.07, 6.45) is -5.06. The van der Waals surface area contributed by atoms with Crippen molar-refractivity contribution in [3.8, 4) is 17.2 Å². The van der Waals surface area contributed by atoms with Crippen molar-refractivity contribution in [2.24, 2.45) is 5.73 Å². The van der Waals surface area contributed by atoms with E-state index in [-0.39, 0.29) is 34.4 Å². The first kappa shape index (κ1) is 29.6. The summed E-state index contributed by atoms with van der Waals surface area (Å²) in [6, 6.07) is 3.62. The van der Waals surface area contributed by atoms with Gasteiger partial charge >= 0.3 is 5.97 Å². The summed E-state index contributed by atoms with van der Waals surface area (Å²) in [5.41, 5.74) is 2.49. The minimum absolute atomic E-state index is 0.000169. The zero-order valence-corrected chi connectivity index (χ0v) is 23.1. The number of aromatic hydroxyl groups is 2. The number of aliphatic hydroxyl groups is 2. The molecule has 6 N–H and O–H groups in total. The highest BCUT2D eigenvalue weighted by atomic mass is 16.7. The van der Waals surface area contributed by atoms with E-state index in [4.69, 9.17) is 24.7 Å². The fourth-order valence-corrected chi connectivity index (χ4v) is 6.12. The predicted molar refractivity (Wildman–Crippen MR) is 141 cm³/mol. The van der Waals surface area contributed by atoms with E-state index in [0.717, 1.165) is 0 Å². The zero-order chi connectivity index (χ0) is 30.7. The Morgan fingerprint density at radius 3 is 2.43 bits per heavy atom. The lowest BCUT2D eigenvalue weighted by atomic mass is 9.72. The van der Waals surface area contributed by atoms with Crippen molar-refractivity contribution in [2.45, 2.75) is 69.4 Å². The van der Waals surface area contributed by atoms with E-state index in [1.54, 1.807) is 6.92 Å². The Morgan fingerprint density at radius 2 is 1.81 bits per heavy atom. The van der Waals surface area contributed by atoms with Crippen LogP contribution in [0.15, 0.2) is 18.2 Å². The monoisotopic (exact) mass is 585 g/mol. The van der Waals surface area contributed by atoms with Crippen molar-refractivity contribution in [1.82, 2.24) is 0 Å². The molecule has 0 unspecified atom stereocenters. The van der Waals surface area contributed by atoms with Crippen LogP contribution >= 0.6 is 0 Å². The third-order valence-electron chi connectivity index (χ3n) is 8.07. The number of ketones is 3. The molecule has 0 saturated carbocycles. The summed E-state index contributed by atoms with van der Waals surface area (Å²) >= 11 is 0. The van der Waals surface area contributed by atoms with E-state index in [9.17, 15) is 39.6 Å². The van der Waals surface area contributed by atoms with Crippen LogP contribution in [-0.4, -0.2) is 87.6 Å². The Morgan fingerprint density at radius 1 is 1.12 bits per heavy atom. The maximum Gasteiger partial charge on any atom is 0.303 e. The number of hydrogen-bond donors (Lipinski definition) is 5. The van der Waals surface area contributed by atoms with E-state index in [1.807, 2.05) is 0 Å². The average Bonchev–Trinajstić information content (AvgIpc) is 2.94. The van der Waals surface area contributed by atoms with Crippen molar-refractivity contribution in [3.05, 3.63) is 51.6 Å². The van der Waals surface area contributed by atoms with Crippen molar-refractivity contribution in [1.29, 1.82) is 0 Å². The standard InChI is InChI=1S/C29H31NO12/c1-11-28(41-12(2)32)15(30)7-19(40-11)42-17-9-29(38,18(33)10-31)8-14-21(17)27(37)23-22(25(14)35)24(34)13-5-4-6-16(39-3)20(13)26(23)36/h4-6,11,15,17,19,28,31,35,37-38H,7-10,30H2,1-3H3/t11-,15-,17-,19-,28+,29-/m0/s1. The number of phenols is 2. The van der Waals surface area contributed by atoms with Gasteiger partial charge in [-0.3, -0.25) is 19.2 Å². The average molecular weight is 586 g/mol. The molecule has 0 aromatic heterocycles. The molecule has 1 heterocycles. The Bertz CT molecular complexity index is 1490. The third-order valence-corrected chi connectivity index (χ3v) is 8.07. The van der Waals surface area contributed by atoms with E-state index in [0.29, 0.717) is 0 Å². The molecule has 1 saturated heterocycles. The van der Waals surface area contributed by atoms with Gasteiger partial charge in [0.05, 0.1) is 36.0 Å². The van der Waals surface area contributed by atoms with Crippen LogP contribution in [-0.2, 0) is 30.2 Å². The molecule has 6 atom stereocenters. The Kier molecular flexibility index (Phi) is 7.58. The van der Waals surface area contributed by atoms with Gasteiger partial charge in [0.25, 0.3) is 0 Å². The fraction of sp³-hybridized carbons (Fsp3) is 0.448. The highest BCUT2D eigenvalue weighted by Crippen LogP contribution is 2.52. The van der Waals surface area contributed by atoms with E-state index < -0.39 is 102 Å². The number of esters is 1. The van der Waals surface area contributed by atoms with Crippen LogP contribution < -0.4 is 10.5 Å². The first-order chi connectivity index (χ1) is 19.8. The smallest absolute Gasteiger partial charge is 0.303 e. The highest BCUT2D eigenvalue weighted by Gasteiger charge is 2.50. The summed E-state index contributed by atoms with van der Waals surface area (Å²) < 4.78 is 22.5. The number of ether oxygens (including phenoxy) is 4. The summed E-state index contributed by atoms with van der Waals surface area (Å²) in [6.45, 7) is 1.81. The largest absolute Gasteiger partial charge is 0.507 e. The molecule has 0 amide bonds. The van der Waals surface area contributed by atoms with Crippen LogP contribution in [0.3, 0.4) is 0 Å². The number of phenolic OH excluding ortho intramolecular Hbond substituents is 2. The van der Waals surface area contributed by atoms with Gasteiger partial charge in [-0.1, -0.05) is 12.1 Å². The fourth-order valence-electron chi connectivity index (χ4n) is 6.12. The number of nitrogens with two attached hydrogens (primary N) is 1. The Hall–Kier alpha value is -3.88. The lowest BCUT2D eigenvalue weighted by Gasteiger charge is -2.42.